The molecule has 0 aliphatic carbocycles. The molecule has 0 unspecified atom stereocenters. The van der Waals surface area contributed by atoms with Gasteiger partial charge in [0.15, 0.2) is 5.96 Å². The number of aryl methyl sites for hydroxylation is 1. The molecule has 0 aliphatic heterocycles. The van der Waals surface area contributed by atoms with Gasteiger partial charge in [0.2, 0.25) is 0 Å². The molecule has 2 aromatic rings. The lowest BCUT2D eigenvalue weighted by atomic mass is 10.1. The number of benzene rings is 1. The molecule has 0 aliphatic rings. The van der Waals surface area contributed by atoms with E-state index in [9.17, 15) is 0 Å². The number of H-pyrrole nitrogens is 1. The Labute approximate surface area is 119 Å². The summed E-state index contributed by atoms with van der Waals surface area (Å²) in [6.07, 6.45) is 2.98. The fraction of sp³-hybridized carbons (Fsp3) is 0.312. The minimum atomic E-state index is 0.476. The lowest BCUT2D eigenvalue weighted by Gasteiger charge is -2.06. The summed E-state index contributed by atoms with van der Waals surface area (Å²) in [7, 11) is 0. The molecule has 20 heavy (non-hydrogen) atoms. The molecule has 106 valence electrons. The summed E-state index contributed by atoms with van der Waals surface area (Å²) in [6, 6.07) is 6.30. The minimum Gasteiger partial charge on any atom is -0.370 e. The molecular formula is C16H22N4. The minimum absolute atomic E-state index is 0.476. The maximum absolute atomic E-state index is 5.79. The van der Waals surface area contributed by atoms with Crippen LogP contribution in [0.2, 0.25) is 0 Å². The Kier molecular flexibility index (Phi) is 4.45. The van der Waals surface area contributed by atoms with Crippen LogP contribution in [-0.2, 0) is 6.42 Å². The number of aromatic nitrogens is 1. The Morgan fingerprint density at radius 3 is 3.00 bits per heavy atom. The second-order valence-electron chi connectivity index (χ2n) is 5.15. The van der Waals surface area contributed by atoms with E-state index in [0.717, 1.165) is 18.5 Å². The van der Waals surface area contributed by atoms with Crippen molar-refractivity contribution in [2.45, 2.75) is 20.3 Å². The zero-order valence-corrected chi connectivity index (χ0v) is 12.2. The van der Waals surface area contributed by atoms with E-state index in [0.29, 0.717) is 12.5 Å². The van der Waals surface area contributed by atoms with Gasteiger partial charge in [0.25, 0.3) is 0 Å². The Hall–Kier alpha value is -2.23. The van der Waals surface area contributed by atoms with E-state index in [1.807, 2.05) is 6.92 Å². The maximum Gasteiger partial charge on any atom is 0.188 e. The number of aliphatic imine (C=N–C) groups is 1. The Morgan fingerprint density at radius 1 is 1.45 bits per heavy atom. The van der Waals surface area contributed by atoms with E-state index in [1.54, 1.807) is 0 Å². The lowest BCUT2D eigenvalue weighted by Crippen LogP contribution is -2.33. The Balaban J connectivity index is 1.97. The summed E-state index contributed by atoms with van der Waals surface area (Å²) < 4.78 is 0. The molecule has 1 heterocycles. The molecule has 0 saturated carbocycles. The summed E-state index contributed by atoms with van der Waals surface area (Å²) in [5.41, 5.74) is 10.6. The van der Waals surface area contributed by atoms with Gasteiger partial charge in [0, 0.05) is 23.6 Å². The molecule has 0 bridgehead atoms. The quantitative estimate of drug-likeness (QED) is 0.444. The lowest BCUT2D eigenvalue weighted by molar-refractivity contribution is 0.856. The average molecular weight is 270 g/mol. The van der Waals surface area contributed by atoms with Crippen molar-refractivity contribution in [1.82, 2.24) is 10.3 Å². The number of hydrogen-bond donors (Lipinski definition) is 3. The second kappa shape index (κ2) is 6.28. The van der Waals surface area contributed by atoms with Crippen LogP contribution in [0.25, 0.3) is 10.9 Å². The third kappa shape index (κ3) is 3.41. The topological polar surface area (TPSA) is 66.2 Å². The van der Waals surface area contributed by atoms with Crippen LogP contribution in [0, 0.1) is 6.92 Å². The molecule has 1 aromatic carbocycles. The highest BCUT2D eigenvalue weighted by molar-refractivity contribution is 5.86. The summed E-state index contributed by atoms with van der Waals surface area (Å²) in [6.45, 7) is 9.21. The number of nitrogens with zero attached hydrogens (tertiary/aromatic N) is 1. The average Bonchev–Trinajstić information content (AvgIpc) is 2.81. The Morgan fingerprint density at radius 2 is 2.25 bits per heavy atom. The SMILES string of the molecule is C=C(C)CN=C(N)NCCc1c[nH]c2cccc(C)c12. The van der Waals surface area contributed by atoms with Gasteiger partial charge < -0.3 is 16.0 Å². The number of rotatable bonds is 5. The first kappa shape index (κ1) is 14.2. The molecule has 0 saturated heterocycles. The summed E-state index contributed by atoms with van der Waals surface area (Å²) in [5, 5.41) is 4.44. The first-order chi connectivity index (χ1) is 9.58. The van der Waals surface area contributed by atoms with Crippen LogP contribution in [0.15, 0.2) is 41.5 Å². The molecule has 4 nitrogen and oxygen atoms in total. The number of nitrogens with one attached hydrogen (secondary N) is 2. The zero-order valence-electron chi connectivity index (χ0n) is 12.2. The number of fused-ring (bicyclic) bond motifs is 1. The van der Waals surface area contributed by atoms with Gasteiger partial charge >= 0.3 is 0 Å². The van der Waals surface area contributed by atoms with Crippen LogP contribution >= 0.6 is 0 Å². The predicted octanol–water partition coefficient (Wildman–Crippen LogP) is 2.50. The molecule has 0 atom stereocenters. The van der Waals surface area contributed by atoms with E-state index in [1.165, 1.54) is 22.0 Å². The number of guanidine groups is 1. The van der Waals surface area contributed by atoms with Gasteiger partial charge in [-0.05, 0) is 37.5 Å². The first-order valence-corrected chi connectivity index (χ1v) is 6.81. The second-order valence-corrected chi connectivity index (χ2v) is 5.15. The highest BCUT2D eigenvalue weighted by atomic mass is 15.1. The smallest absolute Gasteiger partial charge is 0.188 e. The van der Waals surface area contributed by atoms with Gasteiger partial charge in [-0.25, -0.2) is 4.99 Å². The standard InChI is InChI=1S/C16H22N4/c1-11(2)9-20-16(17)18-8-7-13-10-19-14-6-4-5-12(3)15(13)14/h4-6,10,19H,1,7-9H2,2-3H3,(H3,17,18,20). The maximum atomic E-state index is 5.79. The van der Waals surface area contributed by atoms with E-state index in [2.05, 4.69) is 53.2 Å². The van der Waals surface area contributed by atoms with E-state index < -0.39 is 0 Å². The number of aromatic amines is 1. The number of nitrogens with two attached hydrogens (primary N) is 1. The fourth-order valence-corrected chi connectivity index (χ4v) is 2.25. The highest BCUT2D eigenvalue weighted by Gasteiger charge is 2.05. The summed E-state index contributed by atoms with van der Waals surface area (Å²) >= 11 is 0. The third-order valence-corrected chi connectivity index (χ3v) is 3.22. The van der Waals surface area contributed by atoms with Crippen molar-refractivity contribution in [3.8, 4) is 0 Å². The van der Waals surface area contributed by atoms with Gasteiger partial charge in [-0.2, -0.15) is 0 Å². The van der Waals surface area contributed by atoms with E-state index >= 15 is 0 Å². The van der Waals surface area contributed by atoms with Crippen LogP contribution in [0.1, 0.15) is 18.1 Å². The summed E-state index contributed by atoms with van der Waals surface area (Å²) in [4.78, 5) is 7.50. The predicted molar refractivity (Wildman–Crippen MR) is 86.0 cm³/mol. The largest absolute Gasteiger partial charge is 0.370 e. The molecule has 1 aromatic heterocycles. The van der Waals surface area contributed by atoms with Crippen LogP contribution in [0.4, 0.5) is 0 Å². The van der Waals surface area contributed by atoms with Gasteiger partial charge in [0.1, 0.15) is 0 Å². The van der Waals surface area contributed by atoms with Crippen LogP contribution in [-0.4, -0.2) is 24.0 Å². The molecule has 0 radical (unpaired) electrons. The summed E-state index contributed by atoms with van der Waals surface area (Å²) in [5.74, 6) is 0.476. The van der Waals surface area contributed by atoms with Crippen molar-refractivity contribution in [2.24, 2.45) is 10.7 Å². The van der Waals surface area contributed by atoms with Crippen LogP contribution in [0.3, 0.4) is 0 Å². The van der Waals surface area contributed by atoms with E-state index in [4.69, 9.17) is 5.73 Å². The molecule has 0 spiro atoms. The first-order valence-electron chi connectivity index (χ1n) is 6.81. The van der Waals surface area contributed by atoms with Gasteiger partial charge in [-0.1, -0.05) is 24.3 Å². The normalized spacial score (nSPS) is 11.8. The molecule has 4 heteroatoms. The highest BCUT2D eigenvalue weighted by Crippen LogP contribution is 2.22. The molecular weight excluding hydrogens is 248 g/mol. The van der Waals surface area contributed by atoms with E-state index in [-0.39, 0.29) is 0 Å². The van der Waals surface area contributed by atoms with Crippen molar-refractivity contribution in [1.29, 1.82) is 0 Å². The van der Waals surface area contributed by atoms with Crippen molar-refractivity contribution >= 4 is 16.9 Å². The molecule has 0 amide bonds. The zero-order chi connectivity index (χ0) is 14.5. The van der Waals surface area contributed by atoms with Crippen molar-refractivity contribution in [3.05, 3.63) is 47.7 Å². The van der Waals surface area contributed by atoms with Crippen LogP contribution < -0.4 is 11.1 Å². The monoisotopic (exact) mass is 270 g/mol. The van der Waals surface area contributed by atoms with Crippen molar-refractivity contribution in [2.75, 3.05) is 13.1 Å². The van der Waals surface area contributed by atoms with Gasteiger partial charge in [-0.3, -0.25) is 0 Å². The van der Waals surface area contributed by atoms with Gasteiger partial charge in [0.05, 0.1) is 6.54 Å². The van der Waals surface area contributed by atoms with Crippen LogP contribution in [0.5, 0.6) is 0 Å². The third-order valence-electron chi connectivity index (χ3n) is 3.22. The molecule has 2 rings (SSSR count). The molecule has 4 N–H and O–H groups in total. The van der Waals surface area contributed by atoms with Crippen molar-refractivity contribution in [3.63, 3.8) is 0 Å². The molecule has 0 fully saturated rings. The van der Waals surface area contributed by atoms with Gasteiger partial charge in [-0.15, -0.1) is 0 Å². The number of hydrogen-bond acceptors (Lipinski definition) is 1. The fourth-order valence-electron chi connectivity index (χ4n) is 2.25. The Bertz CT molecular complexity index is 637. The van der Waals surface area contributed by atoms with Crippen molar-refractivity contribution < 1.29 is 0 Å².